The van der Waals surface area contributed by atoms with Crippen LogP contribution in [0.1, 0.15) is 25.7 Å². The van der Waals surface area contributed by atoms with Gasteiger partial charge in [-0.1, -0.05) is 0 Å². The highest BCUT2D eigenvalue weighted by atomic mass is 16.5. The van der Waals surface area contributed by atoms with Gasteiger partial charge in [0.05, 0.1) is 5.92 Å². The fourth-order valence-corrected chi connectivity index (χ4v) is 2.71. The first-order chi connectivity index (χ1) is 9.22. The molecule has 2 heterocycles. The first kappa shape index (κ1) is 14.3. The molecule has 6 heteroatoms. The summed E-state index contributed by atoms with van der Waals surface area (Å²) in [5.41, 5.74) is 5.37. The predicted octanol–water partition coefficient (Wildman–Crippen LogP) is -0.521. The van der Waals surface area contributed by atoms with Gasteiger partial charge < -0.3 is 20.7 Å². The van der Waals surface area contributed by atoms with Gasteiger partial charge in [0.1, 0.15) is 6.10 Å². The van der Waals surface area contributed by atoms with E-state index in [1.165, 1.54) is 0 Å². The minimum absolute atomic E-state index is 0.00953. The molecule has 6 nitrogen and oxygen atoms in total. The Hall–Kier alpha value is -1.14. The third-order valence-electron chi connectivity index (χ3n) is 3.75. The number of nitrogens with one attached hydrogen (secondary N) is 1. The van der Waals surface area contributed by atoms with Crippen LogP contribution in [0.5, 0.6) is 0 Å². The zero-order valence-electron chi connectivity index (χ0n) is 11.3. The van der Waals surface area contributed by atoms with E-state index in [1.54, 1.807) is 4.90 Å². The number of nitrogens with two attached hydrogens (primary N) is 1. The molecule has 0 radical (unpaired) electrons. The monoisotopic (exact) mass is 269 g/mol. The van der Waals surface area contributed by atoms with Gasteiger partial charge in [0, 0.05) is 32.8 Å². The number of carbonyl (C=O) groups is 2. The minimum Gasteiger partial charge on any atom is -0.368 e. The number of amides is 2. The van der Waals surface area contributed by atoms with E-state index in [0.29, 0.717) is 26.2 Å². The van der Waals surface area contributed by atoms with Crippen molar-refractivity contribution < 1.29 is 14.3 Å². The Balaban J connectivity index is 1.85. The molecular weight excluding hydrogens is 246 g/mol. The van der Waals surface area contributed by atoms with Crippen molar-refractivity contribution in [1.29, 1.82) is 0 Å². The van der Waals surface area contributed by atoms with Crippen LogP contribution in [-0.4, -0.2) is 55.6 Å². The van der Waals surface area contributed by atoms with E-state index >= 15 is 0 Å². The summed E-state index contributed by atoms with van der Waals surface area (Å²) in [6.07, 6.45) is 3.18. The number of ether oxygens (including phenoxy) is 1. The Labute approximate surface area is 113 Å². The van der Waals surface area contributed by atoms with Crippen LogP contribution < -0.4 is 11.1 Å². The number of likely N-dealkylation sites (tertiary alicyclic amines) is 1. The lowest BCUT2D eigenvalue weighted by Gasteiger charge is -2.33. The molecule has 0 aliphatic carbocycles. The van der Waals surface area contributed by atoms with Crippen LogP contribution in [0.2, 0.25) is 0 Å². The minimum atomic E-state index is -0.286. The Morgan fingerprint density at radius 1 is 1.32 bits per heavy atom. The van der Waals surface area contributed by atoms with Gasteiger partial charge in [-0.05, 0) is 25.7 Å². The Morgan fingerprint density at radius 2 is 2.16 bits per heavy atom. The predicted molar refractivity (Wildman–Crippen MR) is 70.3 cm³/mol. The number of hydrogen-bond acceptors (Lipinski definition) is 4. The normalized spacial score (nSPS) is 27.3. The Morgan fingerprint density at radius 3 is 2.84 bits per heavy atom. The highest BCUT2D eigenvalue weighted by Crippen LogP contribution is 2.21. The second-order valence-electron chi connectivity index (χ2n) is 5.20. The summed E-state index contributed by atoms with van der Waals surface area (Å²) in [6.45, 7) is 2.85. The van der Waals surface area contributed by atoms with E-state index in [1.807, 2.05) is 0 Å². The molecule has 0 spiro atoms. The molecule has 0 aromatic carbocycles. The zero-order chi connectivity index (χ0) is 13.7. The topological polar surface area (TPSA) is 84.7 Å². The van der Waals surface area contributed by atoms with Gasteiger partial charge in [0.2, 0.25) is 5.91 Å². The summed E-state index contributed by atoms with van der Waals surface area (Å²) in [5, 5.41) is 2.80. The highest BCUT2D eigenvalue weighted by Gasteiger charge is 2.33. The fraction of sp³-hybridized carbons (Fsp3) is 0.846. The van der Waals surface area contributed by atoms with Crippen molar-refractivity contribution >= 4 is 11.8 Å². The number of hydrogen-bond donors (Lipinski definition) is 2. The second kappa shape index (κ2) is 6.86. The first-order valence-corrected chi connectivity index (χ1v) is 7.10. The summed E-state index contributed by atoms with van der Waals surface area (Å²) in [4.78, 5) is 25.9. The van der Waals surface area contributed by atoms with E-state index in [2.05, 4.69) is 5.32 Å². The van der Waals surface area contributed by atoms with Crippen LogP contribution in [0.4, 0.5) is 0 Å². The van der Waals surface area contributed by atoms with E-state index in [-0.39, 0.29) is 23.8 Å². The molecule has 19 heavy (non-hydrogen) atoms. The maximum Gasteiger partial charge on any atom is 0.251 e. The van der Waals surface area contributed by atoms with Crippen molar-refractivity contribution in [2.45, 2.75) is 31.8 Å². The van der Waals surface area contributed by atoms with E-state index in [4.69, 9.17) is 10.5 Å². The number of nitrogens with zero attached hydrogens (tertiary/aromatic N) is 1. The van der Waals surface area contributed by atoms with Crippen molar-refractivity contribution in [2.24, 2.45) is 11.7 Å². The molecule has 0 saturated carbocycles. The summed E-state index contributed by atoms with van der Waals surface area (Å²) in [6, 6.07) is 0. The van der Waals surface area contributed by atoms with Gasteiger partial charge in [-0.2, -0.15) is 0 Å². The van der Waals surface area contributed by atoms with Crippen LogP contribution in [0.15, 0.2) is 0 Å². The van der Waals surface area contributed by atoms with Crippen molar-refractivity contribution in [3.05, 3.63) is 0 Å². The van der Waals surface area contributed by atoms with Crippen LogP contribution in [0.3, 0.4) is 0 Å². The van der Waals surface area contributed by atoms with Crippen LogP contribution in [0, 0.1) is 5.92 Å². The van der Waals surface area contributed by atoms with Crippen molar-refractivity contribution in [3.63, 3.8) is 0 Å². The second-order valence-corrected chi connectivity index (χ2v) is 5.20. The van der Waals surface area contributed by atoms with Gasteiger partial charge in [-0.15, -0.1) is 0 Å². The van der Waals surface area contributed by atoms with Crippen molar-refractivity contribution in [1.82, 2.24) is 10.2 Å². The summed E-state index contributed by atoms with van der Waals surface area (Å²) in [5.74, 6) is -0.0465. The van der Waals surface area contributed by atoms with Crippen LogP contribution in [-0.2, 0) is 14.3 Å². The summed E-state index contributed by atoms with van der Waals surface area (Å²) in [7, 11) is 0. The van der Waals surface area contributed by atoms with Crippen LogP contribution >= 0.6 is 0 Å². The van der Waals surface area contributed by atoms with Gasteiger partial charge in [0.25, 0.3) is 5.91 Å². The molecule has 2 amide bonds. The Bertz CT molecular complexity index is 329. The van der Waals surface area contributed by atoms with E-state index in [0.717, 1.165) is 32.2 Å². The SMILES string of the molecule is NCCNC(=O)C1CCCN(C(=O)C2CCCO2)C1. The van der Waals surface area contributed by atoms with Gasteiger partial charge in [0.15, 0.2) is 0 Å². The molecule has 108 valence electrons. The zero-order valence-corrected chi connectivity index (χ0v) is 11.3. The summed E-state index contributed by atoms with van der Waals surface area (Å²) < 4.78 is 5.42. The largest absolute Gasteiger partial charge is 0.368 e. The van der Waals surface area contributed by atoms with Crippen molar-refractivity contribution in [3.8, 4) is 0 Å². The lowest BCUT2D eigenvalue weighted by atomic mass is 9.96. The third kappa shape index (κ3) is 3.67. The third-order valence-corrected chi connectivity index (χ3v) is 3.75. The average molecular weight is 269 g/mol. The quantitative estimate of drug-likeness (QED) is 0.719. The molecule has 2 aliphatic rings. The molecule has 2 fully saturated rings. The lowest BCUT2D eigenvalue weighted by Crippen LogP contribution is -2.48. The molecule has 0 aromatic rings. The maximum atomic E-state index is 12.2. The van der Waals surface area contributed by atoms with Gasteiger partial charge >= 0.3 is 0 Å². The smallest absolute Gasteiger partial charge is 0.251 e. The number of piperidine rings is 1. The van der Waals surface area contributed by atoms with Crippen molar-refractivity contribution in [2.75, 3.05) is 32.8 Å². The van der Waals surface area contributed by atoms with Crippen LogP contribution in [0.25, 0.3) is 0 Å². The van der Waals surface area contributed by atoms with Gasteiger partial charge in [-0.3, -0.25) is 9.59 Å². The molecule has 2 atom stereocenters. The van der Waals surface area contributed by atoms with E-state index < -0.39 is 0 Å². The lowest BCUT2D eigenvalue weighted by molar-refractivity contribution is -0.144. The summed E-state index contributed by atoms with van der Waals surface area (Å²) >= 11 is 0. The highest BCUT2D eigenvalue weighted by molar-refractivity contribution is 5.83. The molecule has 2 unspecified atom stereocenters. The number of carbonyl (C=O) groups excluding carboxylic acids is 2. The molecule has 0 aromatic heterocycles. The molecule has 2 rings (SSSR count). The maximum absolute atomic E-state index is 12.2. The molecule has 2 aliphatic heterocycles. The number of rotatable bonds is 4. The van der Waals surface area contributed by atoms with E-state index in [9.17, 15) is 9.59 Å². The molecule has 0 bridgehead atoms. The first-order valence-electron chi connectivity index (χ1n) is 7.10. The average Bonchev–Trinajstić information content (AvgIpc) is 2.98. The molecule has 3 N–H and O–H groups in total. The Kier molecular flexibility index (Phi) is 5.15. The standard InChI is InChI=1S/C13H23N3O3/c14-5-6-15-12(17)10-3-1-7-16(9-10)13(18)11-4-2-8-19-11/h10-11H,1-9,14H2,(H,15,17). The molecule has 2 saturated heterocycles. The molecular formula is C13H23N3O3. The van der Waals surface area contributed by atoms with Gasteiger partial charge in [-0.25, -0.2) is 0 Å². The fourth-order valence-electron chi connectivity index (χ4n) is 2.71.